The molecule has 0 aliphatic rings. The Labute approximate surface area is 128 Å². The Bertz CT molecular complexity index is 786. The largest absolute Gasteiger partial charge is 0.288 e. The second kappa shape index (κ2) is 6.88. The maximum Gasteiger partial charge on any atom is 0.267 e. The van der Waals surface area contributed by atoms with Gasteiger partial charge >= 0.3 is 0 Å². The van der Waals surface area contributed by atoms with Crippen molar-refractivity contribution >= 4 is 27.7 Å². The molecule has 114 valence electrons. The summed E-state index contributed by atoms with van der Waals surface area (Å²) < 4.78 is 27.3. The highest BCUT2D eigenvalue weighted by atomic mass is 32.2. The van der Waals surface area contributed by atoms with Crippen molar-refractivity contribution in [3.8, 4) is 0 Å². The van der Waals surface area contributed by atoms with Crippen molar-refractivity contribution in [3.63, 3.8) is 0 Å². The molecule has 2 aromatic carbocycles. The second-order valence-electron chi connectivity index (χ2n) is 4.32. The van der Waals surface area contributed by atoms with Gasteiger partial charge in [-0.1, -0.05) is 36.4 Å². The molecule has 0 aliphatic heterocycles. The van der Waals surface area contributed by atoms with E-state index in [1.165, 1.54) is 17.6 Å². The van der Waals surface area contributed by atoms with Crippen LogP contribution in [0.15, 0.2) is 65.6 Å². The second-order valence-corrected chi connectivity index (χ2v) is 5.97. The monoisotopic (exact) mass is 318 g/mol. The lowest BCUT2D eigenvalue weighted by molar-refractivity contribution is -0.124. The number of carbonyl (C=O) groups is 1. The lowest BCUT2D eigenvalue weighted by Gasteiger charge is -2.10. The smallest absolute Gasteiger partial charge is 0.267 e. The molecule has 2 aromatic rings. The van der Waals surface area contributed by atoms with Crippen LogP contribution in [0.2, 0.25) is 0 Å². The standard InChI is InChI=1S/C15H14N2O4S/c18-15(16-19)11-10-12-6-4-5-9-14(12)22(20,21)17-13-7-2-1-3-8-13/h1-11,17,19H,(H,16,18). The van der Waals surface area contributed by atoms with Gasteiger partial charge in [0.05, 0.1) is 4.90 Å². The van der Waals surface area contributed by atoms with Gasteiger partial charge in [0.2, 0.25) is 0 Å². The molecule has 0 aromatic heterocycles. The van der Waals surface area contributed by atoms with E-state index in [1.807, 2.05) is 0 Å². The van der Waals surface area contributed by atoms with Crippen molar-refractivity contribution in [1.29, 1.82) is 0 Å². The number of amides is 1. The molecular formula is C15H14N2O4S. The van der Waals surface area contributed by atoms with Gasteiger partial charge < -0.3 is 0 Å². The van der Waals surface area contributed by atoms with Gasteiger partial charge in [0.1, 0.15) is 0 Å². The fourth-order valence-corrected chi connectivity index (χ4v) is 3.04. The summed E-state index contributed by atoms with van der Waals surface area (Å²) in [6.45, 7) is 0. The minimum absolute atomic E-state index is 0.0286. The van der Waals surface area contributed by atoms with Gasteiger partial charge in [0, 0.05) is 11.8 Å². The topological polar surface area (TPSA) is 95.5 Å². The first-order valence-electron chi connectivity index (χ1n) is 6.32. The normalized spacial score (nSPS) is 11.3. The molecule has 0 bridgehead atoms. The summed E-state index contributed by atoms with van der Waals surface area (Å²) in [5, 5.41) is 8.46. The summed E-state index contributed by atoms with van der Waals surface area (Å²) in [4.78, 5) is 11.1. The molecule has 2 rings (SSSR count). The van der Waals surface area contributed by atoms with Crippen molar-refractivity contribution in [2.45, 2.75) is 4.90 Å². The van der Waals surface area contributed by atoms with E-state index in [1.54, 1.807) is 48.5 Å². The molecule has 0 atom stereocenters. The lowest BCUT2D eigenvalue weighted by atomic mass is 10.2. The molecule has 0 unspecified atom stereocenters. The van der Waals surface area contributed by atoms with Crippen LogP contribution in [0.1, 0.15) is 5.56 Å². The van der Waals surface area contributed by atoms with Gasteiger partial charge in [0.15, 0.2) is 0 Å². The molecule has 3 N–H and O–H groups in total. The fraction of sp³-hybridized carbons (Fsp3) is 0. The average molecular weight is 318 g/mol. The summed E-state index contributed by atoms with van der Waals surface area (Å²) >= 11 is 0. The van der Waals surface area contributed by atoms with Gasteiger partial charge in [-0.3, -0.25) is 14.7 Å². The maximum atomic E-state index is 12.4. The lowest BCUT2D eigenvalue weighted by Crippen LogP contribution is -2.16. The number of hydrogen-bond donors (Lipinski definition) is 3. The highest BCUT2D eigenvalue weighted by molar-refractivity contribution is 7.92. The molecule has 7 heteroatoms. The molecule has 0 radical (unpaired) electrons. The molecule has 0 fully saturated rings. The van der Waals surface area contributed by atoms with Gasteiger partial charge in [-0.15, -0.1) is 0 Å². The zero-order chi connectivity index (χ0) is 16.0. The van der Waals surface area contributed by atoms with Gasteiger partial charge in [0.25, 0.3) is 15.9 Å². The number of para-hydroxylation sites is 1. The predicted octanol–water partition coefficient (Wildman–Crippen LogP) is 2.01. The third-order valence-electron chi connectivity index (χ3n) is 2.76. The SMILES string of the molecule is O=C(C=Cc1ccccc1S(=O)(=O)Nc1ccccc1)NO. The number of carbonyl (C=O) groups excluding carboxylic acids is 1. The van der Waals surface area contributed by atoms with E-state index in [0.29, 0.717) is 11.3 Å². The van der Waals surface area contributed by atoms with Crippen LogP contribution in [0.25, 0.3) is 6.08 Å². The third kappa shape index (κ3) is 3.94. The minimum Gasteiger partial charge on any atom is -0.288 e. The van der Waals surface area contributed by atoms with Crippen molar-refractivity contribution < 1.29 is 18.4 Å². The van der Waals surface area contributed by atoms with Crippen molar-refractivity contribution in [3.05, 3.63) is 66.2 Å². The van der Waals surface area contributed by atoms with Crippen LogP contribution in [-0.4, -0.2) is 19.5 Å². The van der Waals surface area contributed by atoms with Crippen LogP contribution in [0.4, 0.5) is 5.69 Å². The maximum absolute atomic E-state index is 12.4. The zero-order valence-electron chi connectivity index (χ0n) is 11.4. The van der Waals surface area contributed by atoms with Gasteiger partial charge in [-0.05, 0) is 29.8 Å². The van der Waals surface area contributed by atoms with Gasteiger partial charge in [-0.25, -0.2) is 13.9 Å². The van der Waals surface area contributed by atoms with Crippen molar-refractivity contribution in [2.75, 3.05) is 4.72 Å². The van der Waals surface area contributed by atoms with E-state index >= 15 is 0 Å². The Morgan fingerprint density at radius 1 is 1.00 bits per heavy atom. The summed E-state index contributed by atoms with van der Waals surface area (Å²) in [6, 6.07) is 14.7. The van der Waals surface area contributed by atoms with Crippen LogP contribution >= 0.6 is 0 Å². The number of nitrogens with one attached hydrogen (secondary N) is 2. The number of hydrogen-bond acceptors (Lipinski definition) is 4. The summed E-state index contributed by atoms with van der Waals surface area (Å²) in [5.41, 5.74) is 2.21. The van der Waals surface area contributed by atoms with E-state index < -0.39 is 15.9 Å². The van der Waals surface area contributed by atoms with Crippen LogP contribution < -0.4 is 10.2 Å². The van der Waals surface area contributed by atoms with Gasteiger partial charge in [-0.2, -0.15) is 0 Å². The number of rotatable bonds is 5. The number of sulfonamides is 1. The van der Waals surface area contributed by atoms with E-state index in [2.05, 4.69) is 4.72 Å². The van der Waals surface area contributed by atoms with Crippen LogP contribution in [-0.2, 0) is 14.8 Å². The van der Waals surface area contributed by atoms with E-state index in [0.717, 1.165) is 6.08 Å². The number of benzene rings is 2. The van der Waals surface area contributed by atoms with E-state index in [4.69, 9.17) is 5.21 Å². The number of hydroxylamine groups is 1. The van der Waals surface area contributed by atoms with Crippen molar-refractivity contribution in [1.82, 2.24) is 5.48 Å². The molecular weight excluding hydrogens is 304 g/mol. The highest BCUT2D eigenvalue weighted by Gasteiger charge is 2.17. The van der Waals surface area contributed by atoms with Crippen LogP contribution in [0.3, 0.4) is 0 Å². The summed E-state index contributed by atoms with van der Waals surface area (Å²) in [5.74, 6) is -0.747. The molecule has 22 heavy (non-hydrogen) atoms. The van der Waals surface area contributed by atoms with Crippen LogP contribution in [0, 0.1) is 0 Å². The molecule has 1 amide bonds. The molecule has 0 spiro atoms. The van der Waals surface area contributed by atoms with Crippen LogP contribution in [0.5, 0.6) is 0 Å². The first-order valence-corrected chi connectivity index (χ1v) is 7.80. The predicted molar refractivity (Wildman–Crippen MR) is 82.7 cm³/mol. The Hall–Kier alpha value is -2.64. The molecule has 0 saturated carbocycles. The summed E-state index contributed by atoms with van der Waals surface area (Å²) in [6.07, 6.45) is 2.35. The average Bonchev–Trinajstić information content (AvgIpc) is 2.53. The molecule has 0 saturated heterocycles. The Balaban J connectivity index is 2.35. The number of anilines is 1. The first-order chi connectivity index (χ1) is 10.5. The zero-order valence-corrected chi connectivity index (χ0v) is 12.2. The Morgan fingerprint density at radius 3 is 2.32 bits per heavy atom. The third-order valence-corrected chi connectivity index (χ3v) is 4.21. The highest BCUT2D eigenvalue weighted by Crippen LogP contribution is 2.20. The van der Waals surface area contributed by atoms with Crippen molar-refractivity contribution in [2.24, 2.45) is 0 Å². The molecule has 0 heterocycles. The Kier molecular flexibility index (Phi) is 4.92. The first kappa shape index (κ1) is 15.7. The minimum atomic E-state index is -3.79. The molecule has 0 aliphatic carbocycles. The van der Waals surface area contributed by atoms with E-state index in [9.17, 15) is 13.2 Å². The molecule has 6 nitrogen and oxygen atoms in total. The Morgan fingerprint density at radius 2 is 1.64 bits per heavy atom. The summed E-state index contributed by atoms with van der Waals surface area (Å²) in [7, 11) is -3.79. The fourth-order valence-electron chi connectivity index (χ4n) is 1.78. The van der Waals surface area contributed by atoms with E-state index in [-0.39, 0.29) is 4.90 Å². The quantitative estimate of drug-likeness (QED) is 0.446.